The molecule has 0 rings (SSSR count). The summed E-state index contributed by atoms with van der Waals surface area (Å²) in [7, 11) is -4.45. The van der Waals surface area contributed by atoms with Crippen LogP contribution in [-0.4, -0.2) is 99.2 Å². The number of carbonyl (C=O) groups is 1. The molecule has 0 radical (unpaired) electrons. The maximum absolute atomic E-state index is 12.6. The van der Waals surface area contributed by atoms with E-state index >= 15 is 0 Å². The third-order valence-corrected chi connectivity index (χ3v) is 6.19. The van der Waals surface area contributed by atoms with Gasteiger partial charge >= 0.3 is 29.6 Å². The topological polar surface area (TPSA) is 179 Å². The molecule has 33 heavy (non-hydrogen) atoms. The first kappa shape index (κ1) is 35.3. The third kappa shape index (κ3) is 18.2. The first-order valence-corrected chi connectivity index (χ1v) is 13.2. The van der Waals surface area contributed by atoms with E-state index in [2.05, 4.69) is 6.92 Å². The van der Waals surface area contributed by atoms with E-state index in [1.165, 1.54) is 25.7 Å². The number of carbonyl (C=O) groups excluding carboxylic acids is 1. The number of unbranched alkanes of at least 4 members (excludes halogenated alkanes) is 8. The summed E-state index contributed by atoms with van der Waals surface area (Å²) in [4.78, 5) is 13.7. The maximum atomic E-state index is 12.6. The Hall–Kier alpha value is 0.180. The van der Waals surface area contributed by atoms with E-state index in [9.17, 15) is 38.2 Å². The predicted octanol–water partition coefficient (Wildman–Crippen LogP) is -2.89. The Bertz CT molecular complexity index is 594. The number of aliphatic hydroxyl groups is 5. The van der Waals surface area contributed by atoms with E-state index in [0.717, 1.165) is 30.6 Å². The van der Waals surface area contributed by atoms with Crippen molar-refractivity contribution in [3.63, 3.8) is 0 Å². The van der Waals surface area contributed by atoms with Gasteiger partial charge in [-0.2, -0.15) is 0 Å². The molecule has 0 aromatic rings. The van der Waals surface area contributed by atoms with Crippen molar-refractivity contribution in [1.29, 1.82) is 0 Å². The van der Waals surface area contributed by atoms with Crippen molar-refractivity contribution in [3.05, 3.63) is 0 Å². The van der Waals surface area contributed by atoms with Crippen LogP contribution in [0.3, 0.4) is 0 Å². The molecular formula is C21H42NNaO9S. The molecule has 192 valence electrons. The first-order valence-electron chi connectivity index (χ1n) is 11.6. The van der Waals surface area contributed by atoms with E-state index < -0.39 is 53.4 Å². The second-order valence-electron chi connectivity index (χ2n) is 8.33. The number of rotatable bonds is 20. The second kappa shape index (κ2) is 20.4. The van der Waals surface area contributed by atoms with Crippen molar-refractivity contribution < 1.29 is 72.9 Å². The summed E-state index contributed by atoms with van der Waals surface area (Å²) in [5, 5.41) is 48.1. The second-order valence-corrected chi connectivity index (χ2v) is 9.86. The molecule has 10 nitrogen and oxygen atoms in total. The van der Waals surface area contributed by atoms with Crippen LogP contribution in [0.4, 0.5) is 0 Å². The van der Waals surface area contributed by atoms with Crippen molar-refractivity contribution >= 4 is 16.0 Å². The summed E-state index contributed by atoms with van der Waals surface area (Å²) >= 11 is 0. The zero-order valence-corrected chi connectivity index (χ0v) is 23.0. The summed E-state index contributed by atoms with van der Waals surface area (Å²) in [5.41, 5.74) is 0. The average Bonchev–Trinajstić information content (AvgIpc) is 2.74. The largest absolute Gasteiger partial charge is 1.00 e. The first-order chi connectivity index (χ1) is 15.0. The van der Waals surface area contributed by atoms with Gasteiger partial charge in [-0.3, -0.25) is 4.79 Å². The SMILES string of the molecule is CCCCCCCCCCCC(=O)N(CCCS(=O)(=O)[O-])C[C@H](O)[C@@H](O)[C@H](O)[C@H](O)CO.[Na+]. The van der Waals surface area contributed by atoms with Crippen LogP contribution in [0.5, 0.6) is 0 Å². The van der Waals surface area contributed by atoms with E-state index in [1.54, 1.807) is 0 Å². The fraction of sp³-hybridized carbons (Fsp3) is 0.952. The molecule has 0 aliphatic carbocycles. The predicted molar refractivity (Wildman–Crippen MR) is 119 cm³/mol. The Morgan fingerprint density at radius 3 is 1.82 bits per heavy atom. The molecule has 1 amide bonds. The summed E-state index contributed by atoms with van der Waals surface area (Å²) in [6, 6.07) is 0. The summed E-state index contributed by atoms with van der Waals surface area (Å²) in [5.74, 6) is -1.03. The monoisotopic (exact) mass is 507 g/mol. The van der Waals surface area contributed by atoms with Crippen LogP contribution in [0, 0.1) is 0 Å². The summed E-state index contributed by atoms with van der Waals surface area (Å²) in [6.45, 7) is 0.819. The average molecular weight is 508 g/mol. The van der Waals surface area contributed by atoms with E-state index in [-0.39, 0.29) is 54.9 Å². The molecule has 0 saturated carbocycles. The van der Waals surface area contributed by atoms with Crippen molar-refractivity contribution in [2.75, 3.05) is 25.4 Å². The van der Waals surface area contributed by atoms with Gasteiger partial charge in [0.05, 0.1) is 16.7 Å². The molecule has 0 aliphatic heterocycles. The van der Waals surface area contributed by atoms with E-state index in [0.29, 0.717) is 6.42 Å². The molecule has 0 saturated heterocycles. The number of amides is 1. The molecule has 4 atom stereocenters. The van der Waals surface area contributed by atoms with Gasteiger partial charge < -0.3 is 35.0 Å². The third-order valence-electron chi connectivity index (χ3n) is 5.40. The fourth-order valence-electron chi connectivity index (χ4n) is 3.39. The van der Waals surface area contributed by atoms with Gasteiger partial charge in [0.2, 0.25) is 5.91 Å². The van der Waals surface area contributed by atoms with Crippen LogP contribution < -0.4 is 29.6 Å². The Kier molecular flexibility index (Phi) is 21.8. The van der Waals surface area contributed by atoms with Crippen LogP contribution in [-0.2, 0) is 14.9 Å². The normalized spacial score (nSPS) is 15.4. The van der Waals surface area contributed by atoms with Gasteiger partial charge in [-0.25, -0.2) is 8.42 Å². The number of aliphatic hydroxyl groups excluding tert-OH is 5. The van der Waals surface area contributed by atoms with Crippen LogP contribution in [0.2, 0.25) is 0 Å². The fourth-order valence-corrected chi connectivity index (χ4v) is 3.87. The molecule has 12 heteroatoms. The smallest absolute Gasteiger partial charge is 0.748 e. The zero-order chi connectivity index (χ0) is 24.6. The standard InChI is InChI=1S/C21H43NO9S.Na/c1-2-3-4-5-6-7-8-9-10-12-19(26)22(13-11-14-32(29,30)31)15-17(24)20(27)21(28)18(25)16-23;/h17-18,20-21,23-25,27-28H,2-16H2,1H3,(H,29,30,31);/q;+1/p-1/t17-,18+,20+,21+;/m0./s1. The number of hydrogen-bond acceptors (Lipinski definition) is 9. The van der Waals surface area contributed by atoms with Gasteiger partial charge in [-0.15, -0.1) is 0 Å². The van der Waals surface area contributed by atoms with Crippen molar-refractivity contribution in [2.45, 2.75) is 102 Å². The maximum Gasteiger partial charge on any atom is 1.00 e. The van der Waals surface area contributed by atoms with Crippen LogP contribution >= 0.6 is 0 Å². The Balaban J connectivity index is 0. The number of hydrogen-bond donors (Lipinski definition) is 5. The molecule has 0 heterocycles. The summed E-state index contributed by atoms with van der Waals surface area (Å²) in [6.07, 6.45) is 2.71. The Labute approximate surface area is 220 Å². The molecule has 0 aliphatic rings. The molecule has 0 fully saturated rings. The number of nitrogens with zero attached hydrogens (tertiary/aromatic N) is 1. The Morgan fingerprint density at radius 2 is 1.33 bits per heavy atom. The minimum atomic E-state index is -4.45. The minimum absolute atomic E-state index is 0. The molecule has 5 N–H and O–H groups in total. The molecule has 0 aromatic carbocycles. The quantitative estimate of drug-likeness (QED) is 0.0657. The van der Waals surface area contributed by atoms with Gasteiger partial charge in [0.1, 0.15) is 24.4 Å². The van der Waals surface area contributed by atoms with Gasteiger partial charge in [0.25, 0.3) is 0 Å². The Morgan fingerprint density at radius 1 is 0.848 bits per heavy atom. The van der Waals surface area contributed by atoms with E-state index in [1.807, 2.05) is 0 Å². The van der Waals surface area contributed by atoms with Crippen molar-refractivity contribution in [1.82, 2.24) is 4.90 Å². The zero-order valence-electron chi connectivity index (χ0n) is 20.1. The minimum Gasteiger partial charge on any atom is -0.748 e. The molecule has 0 unspecified atom stereocenters. The van der Waals surface area contributed by atoms with E-state index in [4.69, 9.17) is 5.11 Å². The molecule has 0 spiro atoms. The van der Waals surface area contributed by atoms with Crippen LogP contribution in [0.1, 0.15) is 77.6 Å². The molecular weight excluding hydrogens is 465 g/mol. The van der Waals surface area contributed by atoms with Gasteiger partial charge in [0.15, 0.2) is 0 Å². The van der Waals surface area contributed by atoms with Crippen molar-refractivity contribution in [3.8, 4) is 0 Å². The van der Waals surface area contributed by atoms with Crippen LogP contribution in [0.15, 0.2) is 0 Å². The van der Waals surface area contributed by atoms with Gasteiger partial charge in [-0.05, 0) is 12.8 Å². The van der Waals surface area contributed by atoms with Gasteiger partial charge in [-0.1, -0.05) is 58.3 Å². The van der Waals surface area contributed by atoms with Gasteiger partial charge in [0, 0.05) is 25.3 Å². The molecule has 0 aromatic heterocycles. The molecule has 0 bridgehead atoms. The van der Waals surface area contributed by atoms with Crippen molar-refractivity contribution in [2.24, 2.45) is 0 Å². The summed E-state index contributed by atoms with van der Waals surface area (Å²) < 4.78 is 32.5. The van der Waals surface area contributed by atoms with Crippen LogP contribution in [0.25, 0.3) is 0 Å².